The lowest BCUT2D eigenvalue weighted by Crippen LogP contribution is -2.22. The lowest BCUT2D eigenvalue weighted by molar-refractivity contribution is 0.0607. The Kier molecular flexibility index (Phi) is 29.6. The molecule has 13 unspecified atom stereocenters. The number of allylic oxidation sites excluding steroid dienone is 2. The minimum atomic E-state index is 0.0505. The van der Waals surface area contributed by atoms with Crippen molar-refractivity contribution in [3.05, 3.63) is 63.0 Å². The molecule has 9 heteroatoms. The maximum Gasteiger partial charge on any atom is 0.116 e. The molecule has 79 heavy (non-hydrogen) atoms. The van der Waals surface area contributed by atoms with Gasteiger partial charge in [-0.25, -0.2) is 0 Å². The van der Waals surface area contributed by atoms with Crippen LogP contribution in [0.3, 0.4) is 0 Å². The first-order valence-corrected chi connectivity index (χ1v) is 31.0. The lowest BCUT2D eigenvalue weighted by Gasteiger charge is -2.30. The minimum Gasteiger partial charge on any atom is -0.495 e. The molecule has 13 atom stereocenters. The molecule has 462 valence electrons. The van der Waals surface area contributed by atoms with Crippen LogP contribution in [0.5, 0.6) is 0 Å². The van der Waals surface area contributed by atoms with Gasteiger partial charge in [-0.3, -0.25) is 0 Å². The topological polar surface area (TPSA) is 106 Å². The van der Waals surface area contributed by atoms with Crippen LogP contribution in [0.4, 0.5) is 0 Å². The summed E-state index contributed by atoms with van der Waals surface area (Å²) in [6.07, 6.45) is 21.4. The smallest absolute Gasteiger partial charge is 0.116 e. The van der Waals surface area contributed by atoms with Crippen LogP contribution < -0.4 is 0 Å². The van der Waals surface area contributed by atoms with E-state index < -0.39 is 0 Å². The molecule has 0 bridgehead atoms. The second-order valence-corrected chi connectivity index (χ2v) is 32.1. The Bertz CT molecular complexity index is 1710. The number of epoxide rings is 7. The molecule has 0 N–H and O–H groups in total. The van der Waals surface area contributed by atoms with E-state index in [1.165, 1.54) is 88.2 Å². The second kappa shape index (κ2) is 31.9. The third-order valence-corrected chi connectivity index (χ3v) is 15.3. The molecule has 0 aromatic rings. The van der Waals surface area contributed by atoms with E-state index in [-0.39, 0.29) is 21.7 Å². The molecule has 7 heterocycles. The Hall–Kier alpha value is -1.82. The van der Waals surface area contributed by atoms with Crippen molar-refractivity contribution in [2.75, 3.05) is 46.2 Å². The average Bonchev–Trinajstić information content (AvgIpc) is 4.10. The molecular formula is C70H128O9. The summed E-state index contributed by atoms with van der Waals surface area (Å²) in [5.41, 5.74) is 4.95. The summed E-state index contributed by atoms with van der Waals surface area (Å²) in [5.74, 6) is 3.43. The SMILES string of the molecule is C=C.C=C.C=C(C1CCC2OC2C1)C(C)(C)C.C=C(C1CO1)C(C)(C)C.C=C(OCC1CO1)C(C)(C)C.CC(C)(C)CC1CCC2OC2C1.CC(C)(C)CC1CCC2OC2C1.CC(C)(C)CC1CO1.CC(C)(C)COCC1CO1. The number of rotatable bonds is 11. The molecule has 3 saturated carbocycles. The first kappa shape index (κ1) is 73.3. The van der Waals surface area contributed by atoms with Crippen LogP contribution in [-0.4, -0.2) is 107 Å². The van der Waals surface area contributed by atoms with Crippen LogP contribution in [0, 0.1) is 55.7 Å². The molecule has 7 aliphatic heterocycles. The Labute approximate surface area is 488 Å². The highest BCUT2D eigenvalue weighted by molar-refractivity contribution is 5.15. The highest BCUT2D eigenvalue weighted by atomic mass is 16.6. The third kappa shape index (κ3) is 35.8. The summed E-state index contributed by atoms with van der Waals surface area (Å²) in [7, 11) is 0. The van der Waals surface area contributed by atoms with E-state index >= 15 is 0 Å². The van der Waals surface area contributed by atoms with Gasteiger partial charge >= 0.3 is 0 Å². The largest absolute Gasteiger partial charge is 0.495 e. The first-order valence-electron chi connectivity index (χ1n) is 31.0. The van der Waals surface area contributed by atoms with Gasteiger partial charge in [-0.1, -0.05) is 171 Å². The number of fused-ring (bicyclic) bond motifs is 3. The zero-order valence-corrected chi connectivity index (χ0v) is 55.6. The van der Waals surface area contributed by atoms with E-state index in [0.29, 0.717) is 89.8 Å². The molecule has 0 aromatic carbocycles. The fraction of sp³-hybridized carbons (Fsp3) is 0.857. The van der Waals surface area contributed by atoms with Crippen molar-refractivity contribution in [3.8, 4) is 0 Å². The summed E-state index contributed by atoms with van der Waals surface area (Å²) in [5, 5.41) is 0. The highest BCUT2D eigenvalue weighted by Crippen LogP contribution is 2.46. The van der Waals surface area contributed by atoms with Gasteiger partial charge in [0.1, 0.15) is 24.9 Å². The van der Waals surface area contributed by atoms with Crippen molar-refractivity contribution < 1.29 is 42.6 Å². The average molecular weight is 1110 g/mol. The number of ether oxygens (including phenoxy) is 9. The molecule has 9 nitrogen and oxygen atoms in total. The molecule has 0 radical (unpaired) electrons. The fourth-order valence-electron chi connectivity index (χ4n) is 10.2. The maximum atomic E-state index is 5.53. The Morgan fingerprint density at radius 2 is 0.759 bits per heavy atom. The van der Waals surface area contributed by atoms with Crippen LogP contribution in [-0.2, 0) is 42.6 Å². The van der Waals surface area contributed by atoms with Crippen LogP contribution in [0.25, 0.3) is 0 Å². The van der Waals surface area contributed by atoms with Gasteiger partial charge in [0, 0.05) is 5.41 Å². The molecule has 7 saturated heterocycles. The molecular weight excluding hydrogens is 985 g/mol. The minimum absolute atomic E-state index is 0.0505. The zero-order chi connectivity index (χ0) is 60.5. The zero-order valence-electron chi connectivity index (χ0n) is 55.6. The maximum absolute atomic E-state index is 5.53. The van der Waals surface area contributed by atoms with Crippen molar-refractivity contribution in [1.82, 2.24) is 0 Å². The van der Waals surface area contributed by atoms with Gasteiger partial charge < -0.3 is 42.6 Å². The van der Waals surface area contributed by atoms with Gasteiger partial charge in [0.25, 0.3) is 0 Å². The quantitative estimate of drug-likeness (QED) is 0.114. The second-order valence-electron chi connectivity index (χ2n) is 32.1. The Morgan fingerprint density at radius 3 is 1.04 bits per heavy atom. The molecule has 10 rings (SSSR count). The van der Waals surface area contributed by atoms with Gasteiger partial charge in [-0.2, -0.15) is 0 Å². The Morgan fingerprint density at radius 1 is 0.392 bits per heavy atom. The molecule has 0 amide bonds. The molecule has 0 aromatic heterocycles. The van der Waals surface area contributed by atoms with E-state index in [1.54, 1.807) is 0 Å². The standard InChI is InChI=1S/C12H20O.2C11H20O.C9H16O2.C8H16O2.C8H14O.C7H14O.2C2H4/c1-8(12(2,3)4)9-5-6-10-11(7-9)13-10;2*1-11(2,3)7-8-4-5-9-10(6-8)12-9;1-7(9(2,3)4)10-5-8-6-11-8;1-8(2,3)6-9-4-7-5-10-7;1-6(7-5-9-7)8(2,3)4;1-7(2,3)4-6-5-8-6;2*1-2/h9-11H,1,5-7H2,2-4H3;2*8-10H,4-7H2,1-3H3;8H,1,5-6H2,2-4H3;7H,4-6H2,1-3H3;7H,1,5H2,2-4H3;6H,4-5H2,1-3H3;2*1-2H2. The van der Waals surface area contributed by atoms with Gasteiger partial charge in [-0.05, 0) is 133 Å². The van der Waals surface area contributed by atoms with E-state index in [9.17, 15) is 0 Å². The van der Waals surface area contributed by atoms with E-state index in [2.05, 4.69) is 191 Å². The van der Waals surface area contributed by atoms with Crippen LogP contribution in [0.15, 0.2) is 63.0 Å². The van der Waals surface area contributed by atoms with Gasteiger partial charge in [-0.15, -0.1) is 26.3 Å². The Balaban J connectivity index is 0.000000313. The van der Waals surface area contributed by atoms with Crippen molar-refractivity contribution in [2.45, 2.75) is 283 Å². The summed E-state index contributed by atoms with van der Waals surface area (Å²) in [6, 6.07) is 0. The predicted molar refractivity (Wildman–Crippen MR) is 334 cm³/mol. The third-order valence-electron chi connectivity index (χ3n) is 15.3. The summed E-state index contributed by atoms with van der Waals surface area (Å²) in [4.78, 5) is 0. The molecule has 0 spiro atoms. The summed E-state index contributed by atoms with van der Waals surface area (Å²) >= 11 is 0. The summed E-state index contributed by atoms with van der Waals surface area (Å²) < 4.78 is 47.6. The predicted octanol–water partition coefficient (Wildman–Crippen LogP) is 18.0. The first-order chi connectivity index (χ1) is 36.2. The van der Waals surface area contributed by atoms with Crippen LogP contribution in [0.2, 0.25) is 0 Å². The molecule has 10 fully saturated rings. The van der Waals surface area contributed by atoms with Gasteiger partial charge in [0.2, 0.25) is 0 Å². The van der Waals surface area contributed by atoms with Crippen molar-refractivity contribution in [2.24, 2.45) is 55.7 Å². The van der Waals surface area contributed by atoms with Crippen molar-refractivity contribution in [1.29, 1.82) is 0 Å². The number of hydrogen-bond acceptors (Lipinski definition) is 9. The van der Waals surface area contributed by atoms with Gasteiger partial charge in [0.15, 0.2) is 0 Å². The van der Waals surface area contributed by atoms with Crippen molar-refractivity contribution >= 4 is 0 Å². The molecule has 3 aliphatic carbocycles. The van der Waals surface area contributed by atoms with Crippen LogP contribution in [0.1, 0.15) is 222 Å². The van der Waals surface area contributed by atoms with Crippen molar-refractivity contribution in [3.63, 3.8) is 0 Å². The van der Waals surface area contributed by atoms with Crippen LogP contribution >= 0.6 is 0 Å². The number of hydrogen-bond donors (Lipinski definition) is 0. The van der Waals surface area contributed by atoms with Gasteiger partial charge in [0.05, 0.1) is 88.1 Å². The summed E-state index contributed by atoms with van der Waals surface area (Å²) in [6.45, 7) is 76.7. The normalized spacial score (nSPS) is 30.9. The molecule has 10 aliphatic rings. The van der Waals surface area contributed by atoms with E-state index in [0.717, 1.165) is 57.2 Å². The fourth-order valence-corrected chi connectivity index (χ4v) is 10.2. The lowest BCUT2D eigenvalue weighted by atomic mass is 9.74. The van der Waals surface area contributed by atoms with E-state index in [1.807, 2.05) is 0 Å². The monoisotopic (exact) mass is 1110 g/mol. The van der Waals surface area contributed by atoms with E-state index in [4.69, 9.17) is 42.6 Å². The highest BCUT2D eigenvalue weighted by Gasteiger charge is 2.47.